The maximum Gasteiger partial charge on any atom is 0.267 e. The van der Waals surface area contributed by atoms with E-state index >= 15 is 0 Å². The van der Waals surface area contributed by atoms with Gasteiger partial charge in [-0.3, -0.25) is 4.57 Å². The Labute approximate surface area is 203 Å². The number of unbranched alkanes of at least 4 members (excludes halogenated alkanes) is 10. The molecule has 0 aromatic rings. The second kappa shape index (κ2) is 24.7. The van der Waals surface area contributed by atoms with Gasteiger partial charge in [0.05, 0.1) is 31.7 Å². The van der Waals surface area contributed by atoms with Gasteiger partial charge in [0.15, 0.2) is 0 Å². The van der Waals surface area contributed by atoms with Crippen molar-refractivity contribution in [3.63, 3.8) is 0 Å². The normalized spacial score (nSPS) is 12.0. The molecule has 0 unspecified atom stereocenters. The van der Waals surface area contributed by atoms with Gasteiger partial charge in [0.1, 0.15) is 0 Å². The lowest BCUT2D eigenvalue weighted by Crippen LogP contribution is -2.10. The molecule has 0 aliphatic heterocycles. The van der Waals surface area contributed by atoms with Crippen molar-refractivity contribution < 1.29 is 18.5 Å². The Morgan fingerprint density at radius 3 is 1.19 bits per heavy atom. The van der Waals surface area contributed by atoms with Crippen LogP contribution in [0.1, 0.15) is 131 Å². The van der Waals surface area contributed by atoms with Crippen LogP contribution >= 0.6 is 15.1 Å². The van der Waals surface area contributed by atoms with Gasteiger partial charge in [0, 0.05) is 13.9 Å². The molecule has 6 heteroatoms. The van der Waals surface area contributed by atoms with Crippen LogP contribution in [0.15, 0.2) is 0 Å². The van der Waals surface area contributed by atoms with Gasteiger partial charge < -0.3 is 13.9 Å². The van der Waals surface area contributed by atoms with Crippen LogP contribution in [-0.4, -0.2) is 38.4 Å². The third-order valence-corrected chi connectivity index (χ3v) is 11.4. The molecule has 196 valence electrons. The molecule has 0 amide bonds. The quantitative estimate of drug-likeness (QED) is 0.111. The van der Waals surface area contributed by atoms with E-state index in [0.29, 0.717) is 0 Å². The molecule has 0 N–H and O–H groups in total. The summed E-state index contributed by atoms with van der Waals surface area (Å²) >= 11 is 0. The molecular formula is C26H58O4P2. The Bertz CT molecular complexity index is 380. The maximum absolute atomic E-state index is 11.5. The minimum absolute atomic E-state index is 0.253. The summed E-state index contributed by atoms with van der Waals surface area (Å²) < 4.78 is 21.2. The van der Waals surface area contributed by atoms with Crippen molar-refractivity contribution in [2.45, 2.75) is 131 Å². The molecule has 0 atom stereocenters. The highest BCUT2D eigenvalue weighted by molar-refractivity contribution is 7.75. The number of rotatable bonds is 22. The first-order valence-electron chi connectivity index (χ1n) is 13.7. The van der Waals surface area contributed by atoms with Crippen LogP contribution in [0.3, 0.4) is 0 Å². The summed E-state index contributed by atoms with van der Waals surface area (Å²) in [6.07, 6.45) is 22.1. The van der Waals surface area contributed by atoms with Crippen LogP contribution in [0.4, 0.5) is 0 Å². The van der Waals surface area contributed by atoms with Crippen molar-refractivity contribution in [3.05, 3.63) is 0 Å². The van der Waals surface area contributed by atoms with Gasteiger partial charge in [0.25, 0.3) is 7.82 Å². The Morgan fingerprint density at radius 1 is 0.562 bits per heavy atom. The second-order valence-corrected chi connectivity index (χ2v) is 15.4. The fraction of sp³-hybridized carbons (Fsp3) is 1.00. The van der Waals surface area contributed by atoms with Crippen molar-refractivity contribution in [3.8, 4) is 0 Å². The highest BCUT2D eigenvalue weighted by atomic mass is 31.2. The van der Waals surface area contributed by atoms with Gasteiger partial charge in [-0.2, -0.15) is 0 Å². The van der Waals surface area contributed by atoms with E-state index in [1.54, 1.807) is 0 Å². The third kappa shape index (κ3) is 25.2. The Hall–Kier alpha value is 0.540. The first-order chi connectivity index (χ1) is 15.3. The molecule has 0 spiro atoms. The van der Waals surface area contributed by atoms with Crippen molar-refractivity contribution in [1.29, 1.82) is 0 Å². The summed E-state index contributed by atoms with van der Waals surface area (Å²) in [5.74, 6) is 0. The average Bonchev–Trinajstić information content (AvgIpc) is 2.73. The lowest BCUT2D eigenvalue weighted by atomic mass is 10.1. The van der Waals surface area contributed by atoms with E-state index in [-0.39, 0.29) is 13.2 Å². The Kier molecular flexibility index (Phi) is 26.7. The molecule has 0 rings (SSSR count). The zero-order valence-corrected chi connectivity index (χ0v) is 24.5. The predicted molar refractivity (Wildman–Crippen MR) is 145 cm³/mol. The zero-order chi connectivity index (χ0) is 24.6. The fourth-order valence-corrected chi connectivity index (χ4v) is 8.80. The minimum Gasteiger partial charge on any atom is -0.756 e. The van der Waals surface area contributed by atoms with Gasteiger partial charge in [-0.15, -0.1) is 0 Å². The molecule has 0 radical (unpaired) electrons. The predicted octanol–water partition coefficient (Wildman–Crippen LogP) is 9.07. The van der Waals surface area contributed by atoms with Gasteiger partial charge in [-0.05, 0) is 32.1 Å². The van der Waals surface area contributed by atoms with E-state index < -0.39 is 15.1 Å². The van der Waals surface area contributed by atoms with Crippen LogP contribution in [-0.2, 0) is 13.6 Å². The van der Waals surface area contributed by atoms with Crippen LogP contribution in [0.2, 0.25) is 0 Å². The molecule has 0 fully saturated rings. The Balaban J connectivity index is 0. The van der Waals surface area contributed by atoms with Crippen molar-refractivity contribution in [2.75, 3.05) is 38.4 Å². The molecule has 0 bridgehead atoms. The molecule has 0 saturated heterocycles. The number of phosphoric ester groups is 1. The second-order valence-electron chi connectivity index (χ2n) is 9.44. The van der Waals surface area contributed by atoms with Gasteiger partial charge in [-0.25, -0.2) is 0 Å². The van der Waals surface area contributed by atoms with E-state index in [4.69, 9.17) is 9.05 Å². The molecular weight excluding hydrogens is 438 g/mol. The number of hydrogen-bond acceptors (Lipinski definition) is 4. The van der Waals surface area contributed by atoms with Crippen molar-refractivity contribution >= 4 is 15.1 Å². The molecule has 32 heavy (non-hydrogen) atoms. The SMILES string of the molecule is CCCCCCCCOP(=O)([O-])OCCCCCCCC.CCC[P+](C)(CCC)CCC. The molecule has 4 nitrogen and oxygen atoms in total. The number of hydrogen-bond donors (Lipinski definition) is 0. The molecule has 0 aliphatic rings. The van der Waals surface area contributed by atoms with E-state index in [1.807, 2.05) is 0 Å². The summed E-state index contributed by atoms with van der Waals surface area (Å²) in [4.78, 5) is 11.5. The number of phosphoric acid groups is 1. The zero-order valence-electron chi connectivity index (χ0n) is 22.7. The average molecular weight is 497 g/mol. The van der Waals surface area contributed by atoms with E-state index in [9.17, 15) is 9.46 Å². The molecule has 0 aromatic carbocycles. The van der Waals surface area contributed by atoms with E-state index in [2.05, 4.69) is 41.3 Å². The standard InChI is InChI=1S/C16H35O4P.C10H24P/c1-3-5-7-9-11-13-15-19-21(17,18)20-16-14-12-10-8-6-4-2;1-5-8-11(4,9-6-2)10-7-3/h3-16H2,1-2H3,(H,17,18);5-10H2,1-4H3/q;+1/p-1. The molecule has 0 heterocycles. The van der Waals surface area contributed by atoms with Gasteiger partial charge in [0.2, 0.25) is 0 Å². The van der Waals surface area contributed by atoms with Crippen LogP contribution < -0.4 is 4.89 Å². The largest absolute Gasteiger partial charge is 0.756 e. The maximum atomic E-state index is 11.5. The monoisotopic (exact) mass is 496 g/mol. The van der Waals surface area contributed by atoms with E-state index in [1.165, 1.54) is 76.3 Å². The molecule has 0 saturated carbocycles. The summed E-state index contributed by atoms with van der Waals surface area (Å²) in [5.41, 5.74) is 0. The fourth-order valence-electron chi connectivity index (χ4n) is 4.11. The summed E-state index contributed by atoms with van der Waals surface area (Å²) in [5, 5.41) is 0. The minimum atomic E-state index is -4.07. The third-order valence-electron chi connectivity index (χ3n) is 5.78. The highest BCUT2D eigenvalue weighted by Gasteiger charge is 2.27. The smallest absolute Gasteiger partial charge is 0.267 e. The van der Waals surface area contributed by atoms with Gasteiger partial charge >= 0.3 is 0 Å². The van der Waals surface area contributed by atoms with E-state index in [0.717, 1.165) is 38.5 Å². The molecule has 0 aromatic heterocycles. The first-order valence-corrected chi connectivity index (χ1v) is 18.0. The summed E-state index contributed by atoms with van der Waals surface area (Å²) in [6, 6.07) is 0. The van der Waals surface area contributed by atoms with Crippen molar-refractivity contribution in [2.24, 2.45) is 0 Å². The lowest BCUT2D eigenvalue weighted by molar-refractivity contribution is -0.225. The molecule has 0 aliphatic carbocycles. The highest BCUT2D eigenvalue weighted by Crippen LogP contribution is 2.56. The van der Waals surface area contributed by atoms with Gasteiger partial charge in [-0.1, -0.05) is 98.8 Å². The van der Waals surface area contributed by atoms with Crippen LogP contribution in [0.5, 0.6) is 0 Å². The first kappa shape index (κ1) is 34.7. The summed E-state index contributed by atoms with van der Waals surface area (Å²) in [6.45, 7) is 14.4. The summed E-state index contributed by atoms with van der Waals surface area (Å²) in [7, 11) is -4.53. The Morgan fingerprint density at radius 2 is 0.875 bits per heavy atom. The lowest BCUT2D eigenvalue weighted by Gasteiger charge is -2.22. The van der Waals surface area contributed by atoms with Crippen molar-refractivity contribution in [1.82, 2.24) is 0 Å². The van der Waals surface area contributed by atoms with Crippen LogP contribution in [0, 0.1) is 0 Å². The van der Waals surface area contributed by atoms with Crippen LogP contribution in [0.25, 0.3) is 0 Å². The topological polar surface area (TPSA) is 58.6 Å².